The van der Waals surface area contributed by atoms with Crippen molar-refractivity contribution in [2.24, 2.45) is 0 Å². The lowest BCUT2D eigenvalue weighted by Gasteiger charge is -2.12. The number of carbonyl (C=O) groups is 2. The number of imidazole rings is 1. The van der Waals surface area contributed by atoms with Gasteiger partial charge >= 0.3 is 5.97 Å². The molecule has 0 aliphatic heterocycles. The van der Waals surface area contributed by atoms with Crippen molar-refractivity contribution in [2.45, 2.75) is 13.0 Å². The number of carboxylic acid groups (broad SMARTS) is 1. The predicted molar refractivity (Wildman–Crippen MR) is 152 cm³/mol. The number of fused-ring (bicyclic) bond motifs is 2. The molecule has 4 aromatic carbocycles. The molecule has 2 heterocycles. The van der Waals surface area contributed by atoms with Gasteiger partial charge in [-0.15, -0.1) is 0 Å². The fourth-order valence-corrected chi connectivity index (χ4v) is 4.95. The van der Waals surface area contributed by atoms with Crippen LogP contribution in [0.25, 0.3) is 27.4 Å². The molecule has 0 saturated carbocycles. The topological polar surface area (TPSA) is 83.7 Å². The number of hydrogen-bond acceptors (Lipinski definition) is 3. The monoisotopic (exact) mass is 529 g/mol. The molecule has 0 fully saturated rings. The summed E-state index contributed by atoms with van der Waals surface area (Å²) in [6.07, 6.45) is 3.96. The van der Waals surface area contributed by atoms with E-state index in [2.05, 4.69) is 10.3 Å². The average molecular weight is 530 g/mol. The molecule has 0 spiro atoms. The van der Waals surface area contributed by atoms with Crippen molar-refractivity contribution in [1.82, 2.24) is 14.7 Å². The summed E-state index contributed by atoms with van der Waals surface area (Å²) in [5.41, 5.74) is 5.26. The summed E-state index contributed by atoms with van der Waals surface area (Å²) in [5, 5.41) is 13.5. The minimum atomic E-state index is -1.00. The number of rotatable bonds is 7. The highest BCUT2D eigenvalue weighted by Crippen LogP contribution is 2.28. The normalized spacial score (nSPS) is 11.1. The lowest BCUT2D eigenvalue weighted by Crippen LogP contribution is -2.23. The molecular formula is C33H24FN3O3. The van der Waals surface area contributed by atoms with Crippen molar-refractivity contribution in [3.05, 3.63) is 143 Å². The molecule has 196 valence electrons. The van der Waals surface area contributed by atoms with E-state index in [9.17, 15) is 14.0 Å². The number of nitrogens with zero attached hydrogens (tertiary/aromatic N) is 2. The van der Waals surface area contributed by atoms with Crippen molar-refractivity contribution in [3.63, 3.8) is 0 Å². The molecule has 1 amide bonds. The van der Waals surface area contributed by atoms with Gasteiger partial charge in [0.15, 0.2) is 0 Å². The van der Waals surface area contributed by atoms with Gasteiger partial charge in [-0.25, -0.2) is 14.2 Å². The second kappa shape index (κ2) is 10.5. The molecular weight excluding hydrogens is 505 g/mol. The Hall–Kier alpha value is -5.30. The second-order valence-corrected chi connectivity index (χ2v) is 9.62. The van der Waals surface area contributed by atoms with E-state index in [1.165, 1.54) is 18.2 Å². The van der Waals surface area contributed by atoms with Gasteiger partial charge in [0.2, 0.25) is 0 Å². The quantitative estimate of drug-likeness (QED) is 0.247. The number of halogens is 1. The second-order valence-electron chi connectivity index (χ2n) is 9.62. The average Bonchev–Trinajstić information content (AvgIpc) is 3.38. The van der Waals surface area contributed by atoms with E-state index >= 15 is 0 Å². The number of aromatic carboxylic acids is 1. The lowest BCUT2D eigenvalue weighted by atomic mass is 10.0. The number of hydrogen-bond donors (Lipinski definition) is 2. The first-order valence-corrected chi connectivity index (χ1v) is 12.8. The number of carboxylic acids is 1. The zero-order chi connectivity index (χ0) is 27.6. The van der Waals surface area contributed by atoms with E-state index in [0.717, 1.165) is 27.6 Å². The van der Waals surface area contributed by atoms with Crippen LogP contribution in [0.1, 0.15) is 37.5 Å². The highest BCUT2D eigenvalue weighted by molar-refractivity contribution is 6.02. The van der Waals surface area contributed by atoms with Gasteiger partial charge in [0.1, 0.15) is 5.82 Å². The van der Waals surface area contributed by atoms with Crippen LogP contribution in [0.2, 0.25) is 0 Å². The Kier molecular flexibility index (Phi) is 6.54. The molecule has 6 aromatic rings. The van der Waals surface area contributed by atoms with Crippen LogP contribution < -0.4 is 5.32 Å². The Morgan fingerprint density at radius 1 is 0.850 bits per heavy atom. The Morgan fingerprint density at radius 2 is 1.60 bits per heavy atom. The van der Waals surface area contributed by atoms with Crippen molar-refractivity contribution in [2.75, 3.05) is 0 Å². The van der Waals surface area contributed by atoms with Gasteiger partial charge in [0.05, 0.1) is 28.7 Å². The summed E-state index contributed by atoms with van der Waals surface area (Å²) < 4.78 is 16.7. The fourth-order valence-electron chi connectivity index (χ4n) is 4.95. The van der Waals surface area contributed by atoms with Crippen molar-refractivity contribution >= 4 is 28.2 Å². The van der Waals surface area contributed by atoms with Crippen LogP contribution in [-0.4, -0.2) is 26.4 Å². The molecule has 0 aliphatic rings. The Morgan fingerprint density at radius 3 is 2.38 bits per heavy atom. The summed E-state index contributed by atoms with van der Waals surface area (Å²) in [4.78, 5) is 29.4. The lowest BCUT2D eigenvalue weighted by molar-refractivity contribution is 0.0696. The van der Waals surface area contributed by atoms with Gasteiger partial charge in [-0.2, -0.15) is 0 Å². The molecule has 0 atom stereocenters. The van der Waals surface area contributed by atoms with Gasteiger partial charge in [0, 0.05) is 24.5 Å². The number of amides is 1. The minimum Gasteiger partial charge on any atom is -0.478 e. The van der Waals surface area contributed by atoms with Crippen LogP contribution in [0.15, 0.2) is 110 Å². The summed E-state index contributed by atoms with van der Waals surface area (Å²) >= 11 is 0. The maximum absolute atomic E-state index is 14.8. The van der Waals surface area contributed by atoms with Crippen LogP contribution in [0.5, 0.6) is 0 Å². The fraction of sp³-hybridized carbons (Fsp3) is 0.0606. The Balaban J connectivity index is 1.38. The zero-order valence-electron chi connectivity index (χ0n) is 21.3. The SMILES string of the molecule is O=C(O)c1ccc(CNC(=O)c2cc(-c3ccccc3)cn3cnc(Cc4cc(F)c5ccccc5c4)c23)cc1. The highest BCUT2D eigenvalue weighted by atomic mass is 19.1. The van der Waals surface area contributed by atoms with Crippen LogP contribution >= 0.6 is 0 Å². The summed E-state index contributed by atoms with van der Waals surface area (Å²) in [7, 11) is 0. The maximum Gasteiger partial charge on any atom is 0.335 e. The Bertz CT molecular complexity index is 1880. The molecule has 2 N–H and O–H groups in total. The molecule has 2 aromatic heterocycles. The molecule has 0 radical (unpaired) electrons. The van der Waals surface area contributed by atoms with Crippen LogP contribution in [0.3, 0.4) is 0 Å². The van der Waals surface area contributed by atoms with E-state index in [-0.39, 0.29) is 23.8 Å². The third kappa shape index (κ3) is 4.92. The first kappa shape index (κ1) is 25.0. The zero-order valence-corrected chi connectivity index (χ0v) is 21.3. The molecule has 6 nitrogen and oxygen atoms in total. The molecule has 0 unspecified atom stereocenters. The van der Waals surface area contributed by atoms with Gasteiger partial charge in [-0.1, -0.05) is 72.8 Å². The maximum atomic E-state index is 14.8. The number of carbonyl (C=O) groups excluding carboxylic acids is 1. The number of nitrogens with one attached hydrogen (secondary N) is 1. The van der Waals surface area contributed by atoms with Gasteiger partial charge < -0.3 is 14.8 Å². The van der Waals surface area contributed by atoms with Gasteiger partial charge in [-0.3, -0.25) is 4.79 Å². The number of aromatic nitrogens is 2. The largest absolute Gasteiger partial charge is 0.478 e. The first-order valence-electron chi connectivity index (χ1n) is 12.8. The Labute approximate surface area is 229 Å². The molecule has 0 saturated heterocycles. The summed E-state index contributed by atoms with van der Waals surface area (Å²) in [5.74, 6) is -1.60. The molecule has 0 aliphatic carbocycles. The standard InChI is InChI=1S/C33H24FN3O3/c34-29-15-22(14-25-8-4-5-9-27(25)29)16-30-31-28(32(38)35-18-21-10-12-24(13-11-21)33(39)40)17-26(19-37(31)20-36-30)23-6-2-1-3-7-23/h1-15,17,19-20H,16,18H2,(H,35,38)(H,39,40). The van der Waals surface area contributed by atoms with Crippen LogP contribution in [0, 0.1) is 5.82 Å². The van der Waals surface area contributed by atoms with Crippen LogP contribution in [-0.2, 0) is 13.0 Å². The van der Waals surface area contributed by atoms with Crippen molar-refractivity contribution in [1.29, 1.82) is 0 Å². The van der Waals surface area contributed by atoms with Gasteiger partial charge in [0.25, 0.3) is 5.91 Å². The molecule has 0 bridgehead atoms. The van der Waals surface area contributed by atoms with E-state index in [4.69, 9.17) is 5.11 Å². The first-order chi connectivity index (χ1) is 19.5. The van der Waals surface area contributed by atoms with Crippen LogP contribution in [0.4, 0.5) is 4.39 Å². The number of pyridine rings is 1. The molecule has 6 rings (SSSR count). The predicted octanol–water partition coefficient (Wildman–Crippen LogP) is 6.51. The third-order valence-corrected chi connectivity index (χ3v) is 6.95. The molecule has 7 heteroatoms. The van der Waals surface area contributed by atoms with E-state index < -0.39 is 5.97 Å². The van der Waals surface area contributed by atoms with E-state index in [1.807, 2.05) is 71.3 Å². The summed E-state index contributed by atoms with van der Waals surface area (Å²) in [6.45, 7) is 0.222. The van der Waals surface area contributed by atoms with Crippen molar-refractivity contribution in [3.8, 4) is 11.1 Å². The smallest absolute Gasteiger partial charge is 0.335 e. The third-order valence-electron chi connectivity index (χ3n) is 6.95. The highest BCUT2D eigenvalue weighted by Gasteiger charge is 2.19. The minimum absolute atomic E-state index is 0.182. The number of benzene rings is 4. The van der Waals surface area contributed by atoms with E-state index in [1.54, 1.807) is 24.5 Å². The molecule has 40 heavy (non-hydrogen) atoms. The van der Waals surface area contributed by atoms with Crippen molar-refractivity contribution < 1.29 is 19.1 Å². The summed E-state index contributed by atoms with van der Waals surface area (Å²) in [6, 6.07) is 28.8. The van der Waals surface area contributed by atoms with Gasteiger partial charge in [-0.05, 0) is 51.9 Å². The van der Waals surface area contributed by atoms with E-state index in [0.29, 0.717) is 28.6 Å².